The second kappa shape index (κ2) is 6.98. The quantitative estimate of drug-likeness (QED) is 0.767. The number of benzene rings is 1. The van der Waals surface area contributed by atoms with Crippen molar-refractivity contribution in [3.63, 3.8) is 0 Å². The Kier molecular flexibility index (Phi) is 5.03. The summed E-state index contributed by atoms with van der Waals surface area (Å²) >= 11 is 1.44. The number of carbonyl (C=O) groups excluding carboxylic acids is 1. The van der Waals surface area contributed by atoms with E-state index in [1.165, 1.54) is 18.4 Å². The predicted octanol–water partition coefficient (Wildman–Crippen LogP) is 2.98. The Morgan fingerprint density at radius 3 is 2.85 bits per heavy atom. The molecule has 0 saturated heterocycles. The molecule has 0 atom stereocenters. The van der Waals surface area contributed by atoms with Gasteiger partial charge in [-0.3, -0.25) is 9.69 Å². The molecule has 2 aromatic rings. The molecule has 0 spiro atoms. The minimum Gasteiger partial charge on any atom is -0.375 e. The van der Waals surface area contributed by atoms with Gasteiger partial charge in [0, 0.05) is 24.6 Å². The highest BCUT2D eigenvalue weighted by Gasteiger charge is 2.17. The van der Waals surface area contributed by atoms with E-state index in [9.17, 15) is 4.79 Å². The molecule has 0 radical (unpaired) electrons. The number of methoxy groups -OCH3 is 1. The van der Waals surface area contributed by atoms with E-state index in [2.05, 4.69) is 11.6 Å². The van der Waals surface area contributed by atoms with Crippen molar-refractivity contribution in [2.24, 2.45) is 0 Å². The molecule has 0 aliphatic heterocycles. The van der Waals surface area contributed by atoms with Gasteiger partial charge in [0.1, 0.15) is 6.61 Å². The number of thiazole rings is 1. The fourth-order valence-corrected chi connectivity index (χ4v) is 2.61. The molecule has 4 nitrogen and oxygen atoms in total. The summed E-state index contributed by atoms with van der Waals surface area (Å²) in [5.74, 6) is -0.124. The highest BCUT2D eigenvalue weighted by molar-refractivity contribution is 7.14. The van der Waals surface area contributed by atoms with Crippen molar-refractivity contribution in [1.29, 1.82) is 0 Å². The van der Waals surface area contributed by atoms with E-state index >= 15 is 0 Å². The van der Waals surface area contributed by atoms with Crippen LogP contribution in [0.5, 0.6) is 0 Å². The van der Waals surface area contributed by atoms with Gasteiger partial charge in [-0.25, -0.2) is 4.98 Å². The number of hydrogen-bond donors (Lipinski definition) is 0. The average molecular weight is 288 g/mol. The maximum absolute atomic E-state index is 12.0. The first-order valence-corrected chi connectivity index (χ1v) is 7.05. The Morgan fingerprint density at radius 2 is 2.20 bits per heavy atom. The first kappa shape index (κ1) is 14.4. The van der Waals surface area contributed by atoms with Gasteiger partial charge in [0.2, 0.25) is 0 Å². The maximum Gasteiger partial charge on any atom is 0.255 e. The van der Waals surface area contributed by atoms with Crippen molar-refractivity contribution in [2.45, 2.75) is 0 Å². The van der Waals surface area contributed by atoms with Crippen LogP contribution in [0.15, 0.2) is 48.4 Å². The number of hydrogen-bond acceptors (Lipinski definition) is 4. The molecule has 0 unspecified atom stereocenters. The minimum absolute atomic E-state index is 0.0358. The van der Waals surface area contributed by atoms with Crippen LogP contribution in [0.25, 0.3) is 11.3 Å². The molecule has 0 aliphatic carbocycles. The normalized spacial score (nSPS) is 10.2. The van der Waals surface area contributed by atoms with Crippen LogP contribution in [-0.2, 0) is 9.53 Å². The topological polar surface area (TPSA) is 42.4 Å². The van der Waals surface area contributed by atoms with Crippen LogP contribution in [-0.4, -0.2) is 31.2 Å². The van der Waals surface area contributed by atoms with Gasteiger partial charge < -0.3 is 4.74 Å². The molecule has 1 amide bonds. The molecule has 2 rings (SSSR count). The Hall–Kier alpha value is -1.98. The molecule has 1 heterocycles. The summed E-state index contributed by atoms with van der Waals surface area (Å²) in [5.41, 5.74) is 1.90. The van der Waals surface area contributed by atoms with Crippen molar-refractivity contribution in [3.8, 4) is 11.3 Å². The van der Waals surface area contributed by atoms with E-state index in [1.807, 2.05) is 35.7 Å². The van der Waals surface area contributed by atoms with Gasteiger partial charge in [-0.1, -0.05) is 36.4 Å². The first-order valence-electron chi connectivity index (χ1n) is 6.17. The van der Waals surface area contributed by atoms with E-state index < -0.39 is 0 Å². The van der Waals surface area contributed by atoms with Gasteiger partial charge in [-0.05, 0) is 0 Å². The summed E-state index contributed by atoms with van der Waals surface area (Å²) in [6.07, 6.45) is 1.68. The van der Waals surface area contributed by atoms with Crippen LogP contribution in [0, 0.1) is 0 Å². The second-order valence-corrected chi connectivity index (χ2v) is 4.94. The fraction of sp³-hybridized carbons (Fsp3) is 0.200. The third-order valence-electron chi connectivity index (χ3n) is 2.67. The zero-order chi connectivity index (χ0) is 14.4. The van der Waals surface area contributed by atoms with E-state index in [1.54, 1.807) is 11.0 Å². The molecule has 0 saturated carbocycles. The van der Waals surface area contributed by atoms with Gasteiger partial charge in [0.15, 0.2) is 5.13 Å². The number of aromatic nitrogens is 1. The van der Waals surface area contributed by atoms with Crippen LogP contribution < -0.4 is 4.90 Å². The zero-order valence-corrected chi connectivity index (χ0v) is 12.1. The molecule has 0 bridgehead atoms. The van der Waals surface area contributed by atoms with Crippen molar-refractivity contribution in [3.05, 3.63) is 48.4 Å². The predicted molar refractivity (Wildman–Crippen MR) is 82.0 cm³/mol. The Labute approximate surface area is 122 Å². The van der Waals surface area contributed by atoms with Gasteiger partial charge in [-0.2, -0.15) is 0 Å². The molecule has 1 aromatic heterocycles. The number of amides is 1. The molecule has 5 heteroatoms. The third kappa shape index (κ3) is 3.31. The van der Waals surface area contributed by atoms with E-state index in [0.29, 0.717) is 11.7 Å². The highest BCUT2D eigenvalue weighted by Crippen LogP contribution is 2.27. The Bertz CT molecular complexity index is 581. The van der Waals surface area contributed by atoms with Crippen LogP contribution in [0.2, 0.25) is 0 Å². The number of rotatable bonds is 6. The van der Waals surface area contributed by atoms with Crippen molar-refractivity contribution in [1.82, 2.24) is 4.98 Å². The fourth-order valence-electron chi connectivity index (χ4n) is 1.75. The standard InChI is InChI=1S/C15H16N2O2S/c1-3-9-17(14(18)10-19-2)15-16-13(11-20-15)12-7-5-4-6-8-12/h3-8,11H,1,9-10H2,2H3. The zero-order valence-electron chi connectivity index (χ0n) is 11.3. The molecule has 0 aliphatic rings. The first-order chi connectivity index (χ1) is 9.76. The molecule has 0 N–H and O–H groups in total. The van der Waals surface area contributed by atoms with Gasteiger partial charge in [0.25, 0.3) is 5.91 Å². The summed E-state index contributed by atoms with van der Waals surface area (Å²) in [5, 5.41) is 2.60. The Balaban J connectivity index is 2.25. The lowest BCUT2D eigenvalue weighted by molar-refractivity contribution is -0.122. The van der Waals surface area contributed by atoms with Crippen LogP contribution in [0.3, 0.4) is 0 Å². The smallest absolute Gasteiger partial charge is 0.255 e. The molecule has 0 fully saturated rings. The molecule has 20 heavy (non-hydrogen) atoms. The lowest BCUT2D eigenvalue weighted by Gasteiger charge is -2.17. The maximum atomic E-state index is 12.0. The highest BCUT2D eigenvalue weighted by atomic mass is 32.1. The second-order valence-electron chi connectivity index (χ2n) is 4.11. The molecule has 1 aromatic carbocycles. The number of anilines is 1. The Morgan fingerprint density at radius 1 is 1.45 bits per heavy atom. The summed E-state index contributed by atoms with van der Waals surface area (Å²) in [6.45, 7) is 4.13. The summed E-state index contributed by atoms with van der Waals surface area (Å²) in [4.78, 5) is 18.1. The van der Waals surface area contributed by atoms with Crippen LogP contribution in [0.1, 0.15) is 0 Å². The summed E-state index contributed by atoms with van der Waals surface area (Å²) < 4.78 is 4.90. The van der Waals surface area contributed by atoms with Crippen molar-refractivity contribution < 1.29 is 9.53 Å². The van der Waals surface area contributed by atoms with E-state index in [-0.39, 0.29) is 12.5 Å². The molecular formula is C15H16N2O2S. The molecule has 104 valence electrons. The van der Waals surface area contributed by atoms with Gasteiger partial charge >= 0.3 is 0 Å². The van der Waals surface area contributed by atoms with E-state index in [0.717, 1.165) is 11.3 Å². The van der Waals surface area contributed by atoms with Crippen molar-refractivity contribution in [2.75, 3.05) is 25.2 Å². The largest absolute Gasteiger partial charge is 0.375 e. The monoisotopic (exact) mass is 288 g/mol. The number of ether oxygens (including phenoxy) is 1. The minimum atomic E-state index is -0.124. The van der Waals surface area contributed by atoms with Crippen molar-refractivity contribution >= 4 is 22.4 Å². The lowest BCUT2D eigenvalue weighted by atomic mass is 10.2. The number of nitrogens with zero attached hydrogens (tertiary/aromatic N) is 2. The van der Waals surface area contributed by atoms with Crippen LogP contribution in [0.4, 0.5) is 5.13 Å². The third-order valence-corrected chi connectivity index (χ3v) is 3.54. The lowest BCUT2D eigenvalue weighted by Crippen LogP contribution is -2.33. The number of carbonyl (C=O) groups is 1. The van der Waals surface area contributed by atoms with Gasteiger partial charge in [0.05, 0.1) is 5.69 Å². The summed E-state index contributed by atoms with van der Waals surface area (Å²) in [6, 6.07) is 9.88. The van der Waals surface area contributed by atoms with E-state index in [4.69, 9.17) is 4.74 Å². The SMILES string of the molecule is C=CCN(C(=O)COC)c1nc(-c2ccccc2)cs1. The van der Waals surface area contributed by atoms with Crippen LogP contribution >= 0.6 is 11.3 Å². The summed E-state index contributed by atoms with van der Waals surface area (Å²) in [7, 11) is 1.50. The molecular weight excluding hydrogens is 272 g/mol. The van der Waals surface area contributed by atoms with Gasteiger partial charge in [-0.15, -0.1) is 17.9 Å². The average Bonchev–Trinajstić information content (AvgIpc) is 2.95.